The molecule has 0 atom stereocenters. The number of ether oxygens (including phenoxy) is 5. The van der Waals surface area contributed by atoms with Gasteiger partial charge in [0.1, 0.15) is 49.4 Å². The Kier molecular flexibility index (Phi) is 25.8. The molecular formula is C78H118O15. The van der Waals surface area contributed by atoms with Crippen molar-refractivity contribution in [1.82, 2.24) is 0 Å². The van der Waals surface area contributed by atoms with Crippen molar-refractivity contribution in [2.24, 2.45) is 10.8 Å². The van der Waals surface area contributed by atoms with E-state index in [-0.39, 0.29) is 74.4 Å². The number of carbonyl (C=O) groups is 4. The number of rotatable bonds is 26. The van der Waals surface area contributed by atoms with Gasteiger partial charge in [-0.05, 0) is 136 Å². The number of aromatic hydroxyl groups is 4. The van der Waals surface area contributed by atoms with Crippen LogP contribution < -0.4 is 0 Å². The van der Waals surface area contributed by atoms with Crippen LogP contribution in [0.4, 0.5) is 0 Å². The zero-order valence-corrected chi connectivity index (χ0v) is 61.3. The SMILES string of the molecule is CC(C)(C)c1cc(CCC(=O)OCC(CO)(COCC(CO)(COC(=O)CCc2cc(C(C)(C)C)c(O)c(C(C)(C)C)c2)COC(=O)CCc2cc(C(C)(C)C)c(O)c(C(C)(C)C)c2)COC(=O)CCc2cc(C(C)(C)C)c(O)c(C(C)(C)C)c2)cc(C(C)(C)C)c1O. The maximum Gasteiger partial charge on any atom is 0.306 e. The number of esters is 4. The average molecular weight is 1300 g/mol. The molecule has 93 heavy (non-hydrogen) atoms. The maximum absolute atomic E-state index is 13.9. The maximum atomic E-state index is 13.9. The Bertz CT molecular complexity index is 2680. The van der Waals surface area contributed by atoms with E-state index in [4.69, 9.17) is 23.7 Å². The van der Waals surface area contributed by atoms with E-state index in [0.29, 0.717) is 0 Å². The minimum atomic E-state index is -1.58. The number of carbonyl (C=O) groups excluding carboxylic acids is 4. The summed E-state index contributed by atoms with van der Waals surface area (Å²) in [6, 6.07) is 15.2. The van der Waals surface area contributed by atoms with Crippen LogP contribution in [0, 0.1) is 10.8 Å². The third-order valence-electron chi connectivity index (χ3n) is 17.3. The number of benzene rings is 4. The van der Waals surface area contributed by atoms with Crippen LogP contribution >= 0.6 is 0 Å². The molecule has 15 heteroatoms. The van der Waals surface area contributed by atoms with Crippen molar-refractivity contribution in [3.05, 3.63) is 115 Å². The first-order valence-electron chi connectivity index (χ1n) is 33.2. The topological polar surface area (TPSA) is 236 Å². The molecule has 0 aromatic heterocycles. The Morgan fingerprint density at radius 1 is 0.280 bits per heavy atom. The highest BCUT2D eigenvalue weighted by molar-refractivity contribution is 5.72. The van der Waals surface area contributed by atoms with Crippen molar-refractivity contribution in [3.8, 4) is 23.0 Å². The molecule has 0 bridgehead atoms. The molecule has 4 aromatic rings. The van der Waals surface area contributed by atoms with Gasteiger partial charge >= 0.3 is 23.9 Å². The molecule has 6 N–H and O–H groups in total. The Balaban J connectivity index is 1.70. The summed E-state index contributed by atoms with van der Waals surface area (Å²) in [5.41, 5.74) is 2.78. The quantitative estimate of drug-likeness (QED) is 0.0253. The fraction of sp³-hybridized carbons (Fsp3) is 0.641. The number of aliphatic hydroxyl groups is 2. The summed E-state index contributed by atoms with van der Waals surface area (Å²) in [4.78, 5) is 55.6. The van der Waals surface area contributed by atoms with Gasteiger partial charge in [-0.1, -0.05) is 215 Å². The van der Waals surface area contributed by atoms with E-state index >= 15 is 0 Å². The van der Waals surface area contributed by atoms with Gasteiger partial charge in [-0.15, -0.1) is 0 Å². The lowest BCUT2D eigenvalue weighted by Gasteiger charge is -2.34. The van der Waals surface area contributed by atoms with E-state index in [0.717, 1.165) is 66.8 Å². The highest BCUT2D eigenvalue weighted by Crippen LogP contribution is 2.44. The number of phenols is 4. The first kappa shape index (κ1) is 79.3. The molecule has 520 valence electrons. The summed E-state index contributed by atoms with van der Waals surface area (Å²) in [6.07, 6.45) is 0.757. The van der Waals surface area contributed by atoms with Crippen LogP contribution in [-0.4, -0.2) is 107 Å². The molecule has 4 aromatic carbocycles. The predicted molar refractivity (Wildman–Crippen MR) is 369 cm³/mol. The Morgan fingerprint density at radius 3 is 0.559 bits per heavy atom. The summed E-state index contributed by atoms with van der Waals surface area (Å²) in [5, 5.41) is 68.3. The van der Waals surface area contributed by atoms with Gasteiger partial charge in [0.25, 0.3) is 0 Å². The molecule has 0 saturated heterocycles. The van der Waals surface area contributed by atoms with Gasteiger partial charge in [0, 0.05) is 25.7 Å². The van der Waals surface area contributed by atoms with E-state index in [1.807, 2.05) is 215 Å². The lowest BCUT2D eigenvalue weighted by Crippen LogP contribution is -2.46. The molecule has 0 aliphatic rings. The third-order valence-corrected chi connectivity index (χ3v) is 17.3. The minimum absolute atomic E-state index is 0.0747. The molecule has 0 radical (unpaired) electrons. The predicted octanol–water partition coefficient (Wildman–Crippen LogP) is 14.9. The van der Waals surface area contributed by atoms with Crippen LogP contribution in [0.25, 0.3) is 0 Å². The van der Waals surface area contributed by atoms with E-state index in [1.54, 1.807) is 0 Å². The molecule has 0 amide bonds. The van der Waals surface area contributed by atoms with Crippen LogP contribution in [-0.2, 0) is 112 Å². The van der Waals surface area contributed by atoms with E-state index in [1.165, 1.54) is 0 Å². The van der Waals surface area contributed by atoms with Gasteiger partial charge in [-0.2, -0.15) is 0 Å². The highest BCUT2D eigenvalue weighted by atomic mass is 16.6. The molecule has 0 spiro atoms. The Hall–Kier alpha value is -6.16. The third kappa shape index (κ3) is 22.5. The van der Waals surface area contributed by atoms with Crippen molar-refractivity contribution in [2.45, 2.75) is 261 Å². The molecule has 0 saturated carbocycles. The summed E-state index contributed by atoms with van der Waals surface area (Å²) < 4.78 is 30.2. The molecular weight excluding hydrogens is 1180 g/mol. The van der Waals surface area contributed by atoms with Gasteiger partial charge in [0.05, 0.1) is 37.3 Å². The molecule has 4 rings (SSSR count). The standard InChI is InChI=1S/C78H118O15/c1-69(2,3)53-33-49(34-54(65(53)85)70(4,5)6)25-29-61(81)90-45-77(41-79,46-91-62(82)30-26-50-35-55(71(7,8)9)66(86)56(36-50)72(10,11)12)43-89-44-78(42-80,47-92-63(83)31-27-51-37-57(73(13,14)15)67(87)58(38-51)74(16,17)18)48-93-64(84)32-28-52-39-59(75(19,20)21)68(88)60(40-52)76(22,23)24/h33-40,79-80,85-88H,25-32,41-48H2,1-24H3. The fourth-order valence-electron chi connectivity index (χ4n) is 11.1. The molecule has 15 nitrogen and oxygen atoms in total. The van der Waals surface area contributed by atoms with Crippen LogP contribution in [0.5, 0.6) is 23.0 Å². The van der Waals surface area contributed by atoms with Crippen molar-refractivity contribution in [1.29, 1.82) is 0 Å². The van der Waals surface area contributed by atoms with Crippen molar-refractivity contribution in [3.63, 3.8) is 0 Å². The van der Waals surface area contributed by atoms with E-state index < -0.39 is 131 Å². The second-order valence-corrected chi connectivity index (χ2v) is 34.6. The number of aliphatic hydroxyl groups excluding tert-OH is 2. The van der Waals surface area contributed by atoms with Gasteiger partial charge in [-0.25, -0.2) is 0 Å². The van der Waals surface area contributed by atoms with Gasteiger partial charge in [0.15, 0.2) is 0 Å². The first-order chi connectivity index (χ1) is 42.3. The molecule has 0 fully saturated rings. The fourth-order valence-corrected chi connectivity index (χ4v) is 11.1. The summed E-state index contributed by atoms with van der Waals surface area (Å²) >= 11 is 0. The largest absolute Gasteiger partial charge is 0.507 e. The smallest absolute Gasteiger partial charge is 0.306 e. The molecule has 0 aliphatic carbocycles. The first-order valence-corrected chi connectivity index (χ1v) is 33.2. The lowest BCUT2D eigenvalue weighted by molar-refractivity contribution is -0.168. The zero-order chi connectivity index (χ0) is 71.1. The number of hydrogen-bond acceptors (Lipinski definition) is 15. The van der Waals surface area contributed by atoms with E-state index in [2.05, 4.69) is 0 Å². The number of hydrogen-bond donors (Lipinski definition) is 6. The highest BCUT2D eigenvalue weighted by Gasteiger charge is 2.40. The lowest BCUT2D eigenvalue weighted by atomic mass is 9.78. The van der Waals surface area contributed by atoms with Crippen LogP contribution in [0.1, 0.15) is 259 Å². The Morgan fingerprint density at radius 2 is 0.430 bits per heavy atom. The second kappa shape index (κ2) is 30.3. The summed E-state index contributed by atoms with van der Waals surface area (Å²) in [5.74, 6) is -1.62. The molecule has 0 aliphatic heterocycles. The van der Waals surface area contributed by atoms with E-state index in [9.17, 15) is 49.8 Å². The number of aryl methyl sites for hydroxylation is 4. The van der Waals surface area contributed by atoms with Crippen molar-refractivity contribution < 1.29 is 73.5 Å². The average Bonchev–Trinajstić information content (AvgIpc) is 0.815. The minimum Gasteiger partial charge on any atom is -0.507 e. The Labute approximate surface area is 557 Å². The summed E-state index contributed by atoms with van der Waals surface area (Å²) in [6.45, 7) is 44.1. The molecule has 0 unspecified atom stereocenters. The van der Waals surface area contributed by atoms with Gasteiger partial charge < -0.3 is 54.3 Å². The second-order valence-electron chi connectivity index (χ2n) is 34.6. The monoisotopic (exact) mass is 1290 g/mol. The van der Waals surface area contributed by atoms with Gasteiger partial charge in [-0.3, -0.25) is 19.2 Å². The number of phenolic OH excluding ortho intramolecular Hbond substituents is 4. The van der Waals surface area contributed by atoms with Crippen molar-refractivity contribution in [2.75, 3.05) is 52.9 Å². The summed E-state index contributed by atoms with van der Waals surface area (Å²) in [7, 11) is 0. The van der Waals surface area contributed by atoms with Crippen molar-refractivity contribution >= 4 is 23.9 Å². The van der Waals surface area contributed by atoms with Crippen LogP contribution in [0.2, 0.25) is 0 Å². The zero-order valence-electron chi connectivity index (χ0n) is 61.3. The van der Waals surface area contributed by atoms with Crippen LogP contribution in [0.3, 0.4) is 0 Å². The normalized spacial score (nSPS) is 13.3. The molecule has 0 heterocycles. The van der Waals surface area contributed by atoms with Gasteiger partial charge in [0.2, 0.25) is 0 Å². The van der Waals surface area contributed by atoms with Crippen LogP contribution in [0.15, 0.2) is 48.5 Å².